The minimum atomic E-state index is -1.25. The first-order valence-electron chi connectivity index (χ1n) is 7.35. The van der Waals surface area contributed by atoms with Crippen LogP contribution in [0.5, 0.6) is 17.2 Å². The predicted molar refractivity (Wildman–Crippen MR) is 86.9 cm³/mol. The molecule has 126 valence electrons. The van der Waals surface area contributed by atoms with Gasteiger partial charge < -0.3 is 29.9 Å². The first kappa shape index (κ1) is 15.9. The molecule has 0 amide bonds. The third-order valence-electron chi connectivity index (χ3n) is 3.52. The molecule has 0 spiro atoms. The number of fused-ring (bicyclic) bond motifs is 1. The van der Waals surface area contributed by atoms with Crippen LogP contribution in [0.15, 0.2) is 47.6 Å². The van der Waals surface area contributed by atoms with Crippen molar-refractivity contribution in [1.82, 2.24) is 0 Å². The number of oxime groups is 1. The van der Waals surface area contributed by atoms with Gasteiger partial charge in [0.15, 0.2) is 11.5 Å². The maximum Gasteiger partial charge on any atom is 0.250 e. The highest BCUT2D eigenvalue weighted by molar-refractivity contribution is 5.82. The standard InChI is InChI=1S/C17H18N2O5/c1-21-13-5-3-2-4-11(13)9-16(18)19-24-17(20)12-6-7-14-15(8-12)23-10-22-14/h2-8,17,20H,9-10H2,1H3,(H2,18,19). The Morgan fingerprint density at radius 3 is 2.88 bits per heavy atom. The summed E-state index contributed by atoms with van der Waals surface area (Å²) >= 11 is 0. The Morgan fingerprint density at radius 2 is 2.04 bits per heavy atom. The monoisotopic (exact) mass is 330 g/mol. The number of methoxy groups -OCH3 is 1. The number of ether oxygens (including phenoxy) is 3. The lowest BCUT2D eigenvalue weighted by Crippen LogP contribution is -2.16. The van der Waals surface area contributed by atoms with Crippen LogP contribution in [-0.4, -0.2) is 24.8 Å². The smallest absolute Gasteiger partial charge is 0.250 e. The number of benzene rings is 2. The van der Waals surface area contributed by atoms with E-state index in [4.69, 9.17) is 24.8 Å². The molecule has 0 aromatic heterocycles. The van der Waals surface area contributed by atoms with E-state index in [0.29, 0.717) is 29.2 Å². The predicted octanol–water partition coefficient (Wildman–Crippen LogP) is 1.95. The number of nitrogens with two attached hydrogens (primary N) is 1. The van der Waals surface area contributed by atoms with Gasteiger partial charge in [-0.1, -0.05) is 23.4 Å². The third-order valence-corrected chi connectivity index (χ3v) is 3.52. The summed E-state index contributed by atoms with van der Waals surface area (Å²) in [6.45, 7) is 0.166. The van der Waals surface area contributed by atoms with Crippen molar-refractivity contribution in [3.05, 3.63) is 53.6 Å². The van der Waals surface area contributed by atoms with Crippen LogP contribution in [0.2, 0.25) is 0 Å². The lowest BCUT2D eigenvalue weighted by molar-refractivity contribution is -0.102. The summed E-state index contributed by atoms with van der Waals surface area (Å²) in [5, 5.41) is 13.8. The Balaban J connectivity index is 1.64. The van der Waals surface area contributed by atoms with Gasteiger partial charge in [0.2, 0.25) is 6.79 Å². The molecule has 24 heavy (non-hydrogen) atoms. The second-order valence-electron chi connectivity index (χ2n) is 5.14. The van der Waals surface area contributed by atoms with Gasteiger partial charge in [-0.15, -0.1) is 0 Å². The lowest BCUT2D eigenvalue weighted by atomic mass is 10.1. The summed E-state index contributed by atoms with van der Waals surface area (Å²) in [6, 6.07) is 12.5. The van der Waals surface area contributed by atoms with E-state index in [-0.39, 0.29) is 12.6 Å². The minimum Gasteiger partial charge on any atom is -0.496 e. The number of aliphatic hydroxyl groups is 1. The summed E-state index contributed by atoms with van der Waals surface area (Å²) < 4.78 is 15.7. The van der Waals surface area contributed by atoms with Gasteiger partial charge in [0.25, 0.3) is 6.29 Å². The number of amidine groups is 1. The fourth-order valence-electron chi connectivity index (χ4n) is 2.32. The van der Waals surface area contributed by atoms with Crippen LogP contribution in [0.25, 0.3) is 0 Å². The average molecular weight is 330 g/mol. The van der Waals surface area contributed by atoms with Gasteiger partial charge in [0.1, 0.15) is 11.6 Å². The minimum absolute atomic E-state index is 0.166. The molecule has 7 nitrogen and oxygen atoms in total. The number of hydrogen-bond acceptors (Lipinski definition) is 6. The summed E-state index contributed by atoms with van der Waals surface area (Å²) in [4.78, 5) is 5.08. The van der Waals surface area contributed by atoms with Crippen LogP contribution in [-0.2, 0) is 11.3 Å². The van der Waals surface area contributed by atoms with Crippen LogP contribution in [0, 0.1) is 0 Å². The molecular formula is C17H18N2O5. The maximum absolute atomic E-state index is 10.1. The fraction of sp³-hybridized carbons (Fsp3) is 0.235. The molecule has 1 aliphatic rings. The number of rotatable bonds is 6. The largest absolute Gasteiger partial charge is 0.496 e. The van der Waals surface area contributed by atoms with E-state index >= 15 is 0 Å². The molecule has 0 radical (unpaired) electrons. The molecule has 0 aliphatic carbocycles. The van der Waals surface area contributed by atoms with Gasteiger partial charge in [-0.3, -0.25) is 0 Å². The number of para-hydroxylation sites is 1. The number of nitrogens with zero attached hydrogens (tertiary/aromatic N) is 1. The normalized spacial score (nSPS) is 14.3. The quantitative estimate of drug-likeness (QED) is 0.364. The van der Waals surface area contributed by atoms with E-state index in [1.54, 1.807) is 25.3 Å². The second-order valence-corrected chi connectivity index (χ2v) is 5.14. The summed E-state index contributed by atoms with van der Waals surface area (Å²) in [5.74, 6) is 2.12. The van der Waals surface area contributed by atoms with Crippen molar-refractivity contribution in [2.75, 3.05) is 13.9 Å². The molecule has 1 heterocycles. The van der Waals surface area contributed by atoms with Crippen LogP contribution >= 0.6 is 0 Å². The van der Waals surface area contributed by atoms with Crippen molar-refractivity contribution in [3.8, 4) is 17.2 Å². The van der Waals surface area contributed by atoms with Crippen molar-refractivity contribution in [2.24, 2.45) is 10.9 Å². The molecule has 2 aromatic rings. The van der Waals surface area contributed by atoms with E-state index in [9.17, 15) is 5.11 Å². The molecule has 0 fully saturated rings. The molecule has 0 saturated carbocycles. The highest BCUT2D eigenvalue weighted by atomic mass is 16.7. The average Bonchev–Trinajstić information content (AvgIpc) is 3.07. The van der Waals surface area contributed by atoms with Crippen molar-refractivity contribution in [1.29, 1.82) is 0 Å². The van der Waals surface area contributed by atoms with Crippen LogP contribution in [0.1, 0.15) is 17.4 Å². The van der Waals surface area contributed by atoms with Gasteiger partial charge in [-0.25, -0.2) is 0 Å². The van der Waals surface area contributed by atoms with Crippen molar-refractivity contribution in [3.63, 3.8) is 0 Å². The van der Waals surface area contributed by atoms with Gasteiger partial charge in [0, 0.05) is 17.5 Å². The van der Waals surface area contributed by atoms with Gasteiger partial charge in [0.05, 0.1) is 7.11 Å². The van der Waals surface area contributed by atoms with E-state index < -0.39 is 6.29 Å². The topological polar surface area (TPSA) is 95.5 Å². The Kier molecular flexibility index (Phi) is 4.72. The highest BCUT2D eigenvalue weighted by Gasteiger charge is 2.17. The molecule has 3 rings (SSSR count). The van der Waals surface area contributed by atoms with Crippen molar-refractivity contribution >= 4 is 5.84 Å². The van der Waals surface area contributed by atoms with E-state index in [0.717, 1.165) is 5.56 Å². The Hall–Kier alpha value is -2.93. The molecule has 0 saturated heterocycles. The van der Waals surface area contributed by atoms with E-state index in [2.05, 4.69) is 5.16 Å². The first-order valence-corrected chi connectivity index (χ1v) is 7.35. The highest BCUT2D eigenvalue weighted by Crippen LogP contribution is 2.34. The van der Waals surface area contributed by atoms with Gasteiger partial charge >= 0.3 is 0 Å². The third kappa shape index (κ3) is 3.52. The molecule has 1 unspecified atom stereocenters. The zero-order valence-electron chi connectivity index (χ0n) is 13.1. The van der Waals surface area contributed by atoms with Crippen molar-refractivity contribution in [2.45, 2.75) is 12.7 Å². The lowest BCUT2D eigenvalue weighted by Gasteiger charge is -2.11. The number of hydrogen-bond donors (Lipinski definition) is 2. The number of aliphatic hydroxyl groups excluding tert-OH is 1. The first-order chi connectivity index (χ1) is 11.7. The Labute approximate surface area is 139 Å². The van der Waals surface area contributed by atoms with Crippen LogP contribution in [0.4, 0.5) is 0 Å². The molecule has 2 aromatic carbocycles. The fourth-order valence-corrected chi connectivity index (χ4v) is 2.32. The Bertz CT molecular complexity index is 748. The SMILES string of the molecule is COc1ccccc1C/C(N)=N/OC(O)c1ccc2c(c1)OCO2. The molecule has 3 N–H and O–H groups in total. The van der Waals surface area contributed by atoms with Gasteiger partial charge in [-0.2, -0.15) is 0 Å². The molecule has 1 aliphatic heterocycles. The summed E-state index contributed by atoms with van der Waals surface area (Å²) in [6.07, 6.45) is -0.909. The molecule has 0 bridgehead atoms. The molecule has 1 atom stereocenters. The Morgan fingerprint density at radius 1 is 1.25 bits per heavy atom. The zero-order valence-corrected chi connectivity index (χ0v) is 13.1. The zero-order chi connectivity index (χ0) is 16.9. The molecule has 7 heteroatoms. The van der Waals surface area contributed by atoms with E-state index in [1.165, 1.54) is 0 Å². The van der Waals surface area contributed by atoms with Gasteiger partial charge in [-0.05, 0) is 24.3 Å². The molecular weight excluding hydrogens is 312 g/mol. The van der Waals surface area contributed by atoms with E-state index in [1.807, 2.05) is 24.3 Å². The summed E-state index contributed by atoms with van der Waals surface area (Å²) in [7, 11) is 1.59. The second kappa shape index (κ2) is 7.10. The van der Waals surface area contributed by atoms with Crippen LogP contribution < -0.4 is 19.9 Å². The van der Waals surface area contributed by atoms with Crippen molar-refractivity contribution < 1.29 is 24.2 Å². The van der Waals surface area contributed by atoms with Crippen LogP contribution in [0.3, 0.4) is 0 Å². The maximum atomic E-state index is 10.1. The summed E-state index contributed by atoms with van der Waals surface area (Å²) in [5.41, 5.74) is 7.23.